The molecule has 18 heavy (non-hydrogen) atoms. The van der Waals surface area contributed by atoms with Gasteiger partial charge in [0.05, 0.1) is 0 Å². The van der Waals surface area contributed by atoms with E-state index in [4.69, 9.17) is 11.6 Å². The Bertz CT molecular complexity index is 585. The summed E-state index contributed by atoms with van der Waals surface area (Å²) in [5.41, 5.74) is 0.341. The normalized spacial score (nSPS) is 14.0. The van der Waals surface area contributed by atoms with Crippen LogP contribution < -0.4 is 0 Å². The van der Waals surface area contributed by atoms with Crippen LogP contribution in [0.1, 0.15) is 26.5 Å². The van der Waals surface area contributed by atoms with Crippen molar-refractivity contribution in [3.8, 4) is 0 Å². The fraction of sp³-hybridized carbons (Fsp3) is 0.545. The highest BCUT2D eigenvalue weighted by molar-refractivity contribution is 7.15. The Morgan fingerprint density at radius 1 is 1.61 bits per heavy atom. The average Bonchev–Trinajstić information content (AvgIpc) is 2.74. The van der Waals surface area contributed by atoms with Crippen molar-refractivity contribution < 1.29 is 4.92 Å². The summed E-state index contributed by atoms with van der Waals surface area (Å²) in [6.07, 6.45) is 2.06. The number of imidazole rings is 1. The van der Waals surface area contributed by atoms with Gasteiger partial charge in [-0.15, -0.1) is 11.6 Å². The molecule has 0 spiro atoms. The second kappa shape index (κ2) is 4.51. The third kappa shape index (κ3) is 2.35. The van der Waals surface area contributed by atoms with Crippen molar-refractivity contribution in [2.24, 2.45) is 5.41 Å². The van der Waals surface area contributed by atoms with E-state index in [9.17, 15) is 10.1 Å². The highest BCUT2D eigenvalue weighted by Gasteiger charge is 2.29. The third-order valence-corrected chi connectivity index (χ3v) is 4.36. The SMILES string of the molecule is CC(C)(C)C(Cl)Cc1nc2sccn2c1[N+](=O)[O-]. The first kappa shape index (κ1) is 13.3. The van der Waals surface area contributed by atoms with E-state index in [2.05, 4.69) is 4.98 Å². The maximum Gasteiger partial charge on any atom is 0.351 e. The van der Waals surface area contributed by atoms with E-state index >= 15 is 0 Å². The number of nitro groups is 1. The number of alkyl halides is 1. The van der Waals surface area contributed by atoms with Crippen LogP contribution in [0.15, 0.2) is 11.6 Å². The lowest BCUT2D eigenvalue weighted by atomic mass is 9.89. The monoisotopic (exact) mass is 287 g/mol. The fourth-order valence-corrected chi connectivity index (χ4v) is 2.50. The molecule has 0 N–H and O–H groups in total. The molecule has 7 heteroatoms. The summed E-state index contributed by atoms with van der Waals surface area (Å²) in [5, 5.41) is 12.7. The zero-order valence-corrected chi connectivity index (χ0v) is 12.0. The van der Waals surface area contributed by atoms with Crippen molar-refractivity contribution in [2.75, 3.05) is 0 Å². The van der Waals surface area contributed by atoms with E-state index in [1.165, 1.54) is 15.7 Å². The lowest BCUT2D eigenvalue weighted by Gasteiger charge is -2.24. The first-order valence-electron chi connectivity index (χ1n) is 5.53. The van der Waals surface area contributed by atoms with Gasteiger partial charge < -0.3 is 10.1 Å². The lowest BCUT2D eigenvalue weighted by molar-refractivity contribution is -0.391. The summed E-state index contributed by atoms with van der Waals surface area (Å²) in [6.45, 7) is 6.03. The van der Waals surface area contributed by atoms with E-state index in [-0.39, 0.29) is 16.6 Å². The van der Waals surface area contributed by atoms with E-state index in [1.807, 2.05) is 20.8 Å². The second-order valence-electron chi connectivity index (χ2n) is 5.23. The molecular formula is C11H14ClN3O2S. The average molecular weight is 288 g/mol. The number of hydrogen-bond acceptors (Lipinski definition) is 4. The Labute approximate surface area is 114 Å². The molecule has 1 unspecified atom stereocenters. The van der Waals surface area contributed by atoms with E-state index in [0.29, 0.717) is 17.1 Å². The number of aromatic nitrogens is 2. The summed E-state index contributed by atoms with van der Waals surface area (Å²) in [5.74, 6) is 0.0288. The van der Waals surface area contributed by atoms with Crippen LogP contribution in [-0.4, -0.2) is 19.7 Å². The van der Waals surface area contributed by atoms with Crippen molar-refractivity contribution in [1.82, 2.24) is 9.38 Å². The summed E-state index contributed by atoms with van der Waals surface area (Å²) in [7, 11) is 0. The van der Waals surface area contributed by atoms with Gasteiger partial charge in [0, 0.05) is 17.2 Å². The molecule has 0 saturated carbocycles. The molecule has 0 fully saturated rings. The third-order valence-electron chi connectivity index (χ3n) is 2.79. The molecule has 5 nitrogen and oxygen atoms in total. The van der Waals surface area contributed by atoms with E-state index in [1.54, 1.807) is 11.6 Å². The number of thiazole rings is 1. The molecule has 2 aromatic heterocycles. The Kier molecular flexibility index (Phi) is 3.33. The van der Waals surface area contributed by atoms with Crippen molar-refractivity contribution in [1.29, 1.82) is 0 Å². The van der Waals surface area contributed by atoms with Crippen molar-refractivity contribution >= 4 is 33.7 Å². The van der Waals surface area contributed by atoms with Crippen LogP contribution in [0.5, 0.6) is 0 Å². The molecule has 0 aliphatic rings. The molecular weight excluding hydrogens is 274 g/mol. The maximum absolute atomic E-state index is 11.1. The van der Waals surface area contributed by atoms with Crippen LogP contribution in [0.3, 0.4) is 0 Å². The minimum absolute atomic E-state index is 0.0288. The van der Waals surface area contributed by atoms with Gasteiger partial charge in [0.15, 0.2) is 0 Å². The maximum atomic E-state index is 11.1. The Morgan fingerprint density at radius 2 is 2.28 bits per heavy atom. The standard InChI is InChI=1S/C11H14ClN3O2S/c1-11(2,3)8(12)6-7-9(15(16)17)14-4-5-18-10(14)13-7/h4-5,8H,6H2,1-3H3. The van der Waals surface area contributed by atoms with Crippen LogP contribution >= 0.6 is 22.9 Å². The van der Waals surface area contributed by atoms with Gasteiger partial charge in [0.1, 0.15) is 11.9 Å². The molecule has 2 heterocycles. The van der Waals surface area contributed by atoms with Gasteiger partial charge in [-0.1, -0.05) is 32.1 Å². The zero-order valence-electron chi connectivity index (χ0n) is 10.4. The highest BCUT2D eigenvalue weighted by Crippen LogP contribution is 2.31. The minimum Gasteiger partial charge on any atom is -0.358 e. The number of hydrogen-bond donors (Lipinski definition) is 0. The smallest absolute Gasteiger partial charge is 0.351 e. The molecule has 0 radical (unpaired) electrons. The predicted octanol–water partition coefficient (Wildman–Crippen LogP) is 3.50. The Balaban J connectivity index is 2.41. The van der Waals surface area contributed by atoms with Crippen LogP contribution in [0.4, 0.5) is 5.82 Å². The van der Waals surface area contributed by atoms with Crippen LogP contribution in [0, 0.1) is 15.5 Å². The van der Waals surface area contributed by atoms with Gasteiger partial charge in [0.25, 0.3) is 4.96 Å². The molecule has 2 aromatic rings. The van der Waals surface area contributed by atoms with Crippen LogP contribution in [0.25, 0.3) is 4.96 Å². The van der Waals surface area contributed by atoms with Gasteiger partial charge in [-0.05, 0) is 10.3 Å². The van der Waals surface area contributed by atoms with Crippen LogP contribution in [-0.2, 0) is 6.42 Å². The van der Waals surface area contributed by atoms with Gasteiger partial charge in [-0.3, -0.25) is 0 Å². The lowest BCUT2D eigenvalue weighted by Crippen LogP contribution is -2.23. The number of rotatable bonds is 3. The van der Waals surface area contributed by atoms with Crippen molar-refractivity contribution in [2.45, 2.75) is 32.6 Å². The van der Waals surface area contributed by atoms with E-state index in [0.717, 1.165) is 0 Å². The van der Waals surface area contributed by atoms with Gasteiger partial charge in [0.2, 0.25) is 0 Å². The molecule has 2 rings (SSSR count). The molecule has 0 aliphatic heterocycles. The van der Waals surface area contributed by atoms with Crippen LogP contribution in [0.2, 0.25) is 0 Å². The molecule has 1 atom stereocenters. The van der Waals surface area contributed by atoms with Gasteiger partial charge >= 0.3 is 5.82 Å². The summed E-state index contributed by atoms with van der Waals surface area (Å²) < 4.78 is 1.51. The summed E-state index contributed by atoms with van der Waals surface area (Å²) >= 11 is 7.67. The highest BCUT2D eigenvalue weighted by atomic mass is 35.5. The molecule has 0 bridgehead atoms. The van der Waals surface area contributed by atoms with E-state index < -0.39 is 4.92 Å². The largest absolute Gasteiger partial charge is 0.358 e. The number of nitrogens with zero attached hydrogens (tertiary/aromatic N) is 3. The fourth-order valence-electron chi connectivity index (χ4n) is 1.62. The predicted molar refractivity (Wildman–Crippen MR) is 72.5 cm³/mol. The topological polar surface area (TPSA) is 60.4 Å². The van der Waals surface area contributed by atoms with Crippen molar-refractivity contribution in [3.05, 3.63) is 27.4 Å². The number of fused-ring (bicyclic) bond motifs is 1. The Morgan fingerprint density at radius 3 is 2.83 bits per heavy atom. The molecule has 0 amide bonds. The number of halogens is 1. The Hall–Kier alpha value is -1.14. The zero-order chi connectivity index (χ0) is 13.5. The first-order valence-corrected chi connectivity index (χ1v) is 6.85. The van der Waals surface area contributed by atoms with Gasteiger partial charge in [-0.25, -0.2) is 0 Å². The second-order valence-corrected chi connectivity index (χ2v) is 6.63. The quantitative estimate of drug-likeness (QED) is 0.493. The molecule has 98 valence electrons. The first-order chi connectivity index (χ1) is 8.30. The molecule has 0 saturated heterocycles. The minimum atomic E-state index is -0.395. The van der Waals surface area contributed by atoms with Crippen molar-refractivity contribution in [3.63, 3.8) is 0 Å². The van der Waals surface area contributed by atoms with Gasteiger partial charge in [-0.2, -0.15) is 9.38 Å². The summed E-state index contributed by atoms with van der Waals surface area (Å²) in [4.78, 5) is 15.7. The molecule has 0 aromatic carbocycles. The molecule has 0 aliphatic carbocycles. The summed E-state index contributed by atoms with van der Waals surface area (Å²) in [6, 6.07) is 0.